The first-order chi connectivity index (χ1) is 17.5. The van der Waals surface area contributed by atoms with Crippen LogP contribution < -0.4 is 16.6 Å². The molecule has 3 heterocycles. The van der Waals surface area contributed by atoms with E-state index in [1.807, 2.05) is 0 Å². The highest BCUT2D eigenvalue weighted by atomic mass is 32.1. The molecule has 1 amide bonds. The molecule has 0 fully saturated rings. The van der Waals surface area contributed by atoms with Crippen molar-refractivity contribution >= 4 is 45.3 Å². The van der Waals surface area contributed by atoms with Gasteiger partial charge in [0.25, 0.3) is 11.5 Å². The van der Waals surface area contributed by atoms with E-state index in [-0.39, 0.29) is 24.3 Å². The Morgan fingerprint density at radius 2 is 1.97 bits per heavy atom. The summed E-state index contributed by atoms with van der Waals surface area (Å²) in [6, 6.07) is 0. The summed E-state index contributed by atoms with van der Waals surface area (Å²) >= 11 is 1.34. The second-order valence-corrected chi connectivity index (χ2v) is 10.3. The molecule has 13 heteroatoms. The minimum atomic E-state index is -1.18. The lowest BCUT2D eigenvalue weighted by Gasteiger charge is -2.18. The molecule has 37 heavy (non-hydrogen) atoms. The number of ether oxygens (including phenoxy) is 2. The topological polar surface area (TPSA) is 144 Å². The summed E-state index contributed by atoms with van der Waals surface area (Å²) < 4.78 is 13.9. The van der Waals surface area contributed by atoms with Crippen molar-refractivity contribution in [1.82, 2.24) is 18.7 Å². The molecule has 0 spiro atoms. The molecule has 12 nitrogen and oxygen atoms in total. The van der Waals surface area contributed by atoms with Crippen LogP contribution in [0.2, 0.25) is 0 Å². The van der Waals surface area contributed by atoms with Crippen molar-refractivity contribution in [1.29, 1.82) is 0 Å². The molecule has 2 unspecified atom stereocenters. The smallest absolute Gasteiger partial charge is 0.341 e. The minimum Gasteiger partial charge on any atom is -0.462 e. The number of rotatable bonds is 7. The molecule has 1 aliphatic rings. The Labute approximate surface area is 215 Å². The predicted octanol–water partition coefficient (Wildman–Crippen LogP) is 1.37. The van der Waals surface area contributed by atoms with E-state index in [1.54, 1.807) is 6.92 Å². The Bertz CT molecular complexity index is 1510. The third-order valence-electron chi connectivity index (χ3n) is 6.42. The predicted molar refractivity (Wildman–Crippen MR) is 136 cm³/mol. The number of imidazole rings is 1. The summed E-state index contributed by atoms with van der Waals surface area (Å²) in [6.07, 6.45) is 2.57. The van der Waals surface area contributed by atoms with Gasteiger partial charge in [-0.3, -0.25) is 23.5 Å². The lowest BCUT2D eigenvalue weighted by molar-refractivity contribution is -0.153. The lowest BCUT2D eigenvalue weighted by atomic mass is 9.88. The van der Waals surface area contributed by atoms with Gasteiger partial charge in [0.05, 0.1) is 18.5 Å². The lowest BCUT2D eigenvalue weighted by Crippen LogP contribution is -2.38. The summed E-state index contributed by atoms with van der Waals surface area (Å²) in [6.45, 7) is 5.10. The van der Waals surface area contributed by atoms with Crippen LogP contribution in [0.15, 0.2) is 15.9 Å². The molecular weight excluding hydrogens is 502 g/mol. The Morgan fingerprint density at radius 1 is 1.24 bits per heavy atom. The number of aromatic nitrogens is 4. The van der Waals surface area contributed by atoms with Crippen LogP contribution in [-0.4, -0.2) is 49.2 Å². The van der Waals surface area contributed by atoms with Crippen molar-refractivity contribution in [3.05, 3.63) is 43.2 Å². The number of aryl methyl sites for hydroxylation is 1. The highest BCUT2D eigenvalue weighted by Gasteiger charge is 2.30. The first-order valence-electron chi connectivity index (χ1n) is 12.0. The summed E-state index contributed by atoms with van der Waals surface area (Å²) in [7, 11) is 2.81. The fourth-order valence-electron chi connectivity index (χ4n) is 4.42. The SMILES string of the molecule is CCOC(=O)c1c(NC(=O)C(C)OC(=O)Cn2cnc3c2c(=O)n(C)c(=O)n3C)sc2c1CCC(C)C2. The molecule has 1 N–H and O–H groups in total. The van der Waals surface area contributed by atoms with E-state index in [1.165, 1.54) is 47.8 Å². The summed E-state index contributed by atoms with van der Waals surface area (Å²) in [5.41, 5.74) is 0.334. The molecule has 3 aromatic heterocycles. The number of hydrogen-bond donors (Lipinski definition) is 1. The molecule has 1 aliphatic carbocycles. The number of nitrogens with one attached hydrogen (secondary N) is 1. The quantitative estimate of drug-likeness (QED) is 0.450. The highest BCUT2D eigenvalue weighted by Crippen LogP contribution is 2.40. The van der Waals surface area contributed by atoms with Gasteiger partial charge in [-0.05, 0) is 44.6 Å². The monoisotopic (exact) mass is 531 g/mol. The van der Waals surface area contributed by atoms with Gasteiger partial charge < -0.3 is 19.4 Å². The molecule has 0 saturated heterocycles. The molecule has 198 valence electrons. The van der Waals surface area contributed by atoms with Crippen LogP contribution in [-0.2, 0) is 52.5 Å². The van der Waals surface area contributed by atoms with Crippen LogP contribution in [0.25, 0.3) is 11.2 Å². The molecule has 0 aliphatic heterocycles. The van der Waals surface area contributed by atoms with E-state index in [0.29, 0.717) is 16.5 Å². The van der Waals surface area contributed by atoms with Crippen LogP contribution in [0.1, 0.15) is 48.0 Å². The Hall–Kier alpha value is -3.74. The fourth-order valence-corrected chi connectivity index (χ4v) is 5.82. The summed E-state index contributed by atoms with van der Waals surface area (Å²) in [5, 5.41) is 3.12. The number of anilines is 1. The van der Waals surface area contributed by atoms with Crippen molar-refractivity contribution in [2.75, 3.05) is 11.9 Å². The zero-order valence-corrected chi connectivity index (χ0v) is 22.1. The van der Waals surface area contributed by atoms with Crippen molar-refractivity contribution in [3.63, 3.8) is 0 Å². The standard InChI is InChI=1S/C24H29N5O7S/c1-6-35-23(33)17-14-8-7-12(2)9-15(14)37-21(17)26-20(31)13(3)36-16(30)10-29-11-25-19-18(29)22(32)28(5)24(34)27(19)4/h11-13H,6-10H2,1-5H3,(H,26,31). The molecule has 0 saturated carbocycles. The molecule has 0 radical (unpaired) electrons. The average molecular weight is 532 g/mol. The number of nitrogens with zero attached hydrogens (tertiary/aromatic N) is 4. The molecule has 0 bridgehead atoms. The third-order valence-corrected chi connectivity index (χ3v) is 7.59. The van der Waals surface area contributed by atoms with Crippen molar-refractivity contribution in [2.24, 2.45) is 20.0 Å². The van der Waals surface area contributed by atoms with Gasteiger partial charge in [-0.15, -0.1) is 11.3 Å². The maximum Gasteiger partial charge on any atom is 0.341 e. The van der Waals surface area contributed by atoms with E-state index < -0.39 is 35.2 Å². The van der Waals surface area contributed by atoms with Crippen LogP contribution in [0, 0.1) is 5.92 Å². The number of carbonyl (C=O) groups excluding carboxylic acids is 3. The van der Waals surface area contributed by atoms with Crippen molar-refractivity contribution in [3.8, 4) is 0 Å². The van der Waals surface area contributed by atoms with Gasteiger partial charge in [0.1, 0.15) is 11.5 Å². The van der Waals surface area contributed by atoms with E-state index >= 15 is 0 Å². The Balaban J connectivity index is 1.50. The van der Waals surface area contributed by atoms with Crippen molar-refractivity contribution in [2.45, 2.75) is 52.7 Å². The number of amides is 1. The van der Waals surface area contributed by atoms with Gasteiger partial charge >= 0.3 is 17.6 Å². The van der Waals surface area contributed by atoms with Gasteiger partial charge in [-0.2, -0.15) is 0 Å². The number of carbonyl (C=O) groups is 3. The molecule has 4 rings (SSSR count). The van der Waals surface area contributed by atoms with Gasteiger partial charge in [0.2, 0.25) is 0 Å². The Morgan fingerprint density at radius 3 is 2.68 bits per heavy atom. The van der Waals surface area contributed by atoms with Crippen LogP contribution in [0.5, 0.6) is 0 Å². The largest absolute Gasteiger partial charge is 0.462 e. The van der Waals surface area contributed by atoms with Crippen LogP contribution >= 0.6 is 11.3 Å². The van der Waals surface area contributed by atoms with Crippen LogP contribution in [0.4, 0.5) is 5.00 Å². The first-order valence-corrected chi connectivity index (χ1v) is 12.8. The minimum absolute atomic E-state index is 0.0659. The average Bonchev–Trinajstić information content (AvgIpc) is 3.42. The van der Waals surface area contributed by atoms with Crippen molar-refractivity contribution < 1.29 is 23.9 Å². The molecule has 2 atom stereocenters. The second-order valence-electron chi connectivity index (χ2n) is 9.15. The number of fused-ring (bicyclic) bond motifs is 2. The van der Waals surface area contributed by atoms with Gasteiger partial charge in [0, 0.05) is 19.0 Å². The Kier molecular flexibility index (Phi) is 7.35. The molecular formula is C24H29N5O7S. The van der Waals surface area contributed by atoms with Gasteiger partial charge in [-0.1, -0.05) is 6.92 Å². The number of hydrogen-bond acceptors (Lipinski definition) is 9. The summed E-state index contributed by atoms with van der Waals surface area (Å²) in [5.74, 6) is -1.39. The van der Waals surface area contributed by atoms with E-state index in [4.69, 9.17) is 9.47 Å². The zero-order chi connectivity index (χ0) is 27.0. The summed E-state index contributed by atoms with van der Waals surface area (Å²) in [4.78, 5) is 68.0. The highest BCUT2D eigenvalue weighted by molar-refractivity contribution is 7.17. The second kappa shape index (κ2) is 10.3. The van der Waals surface area contributed by atoms with Gasteiger partial charge in [-0.25, -0.2) is 14.6 Å². The number of thiophene rings is 1. The van der Waals surface area contributed by atoms with E-state index in [9.17, 15) is 24.0 Å². The third kappa shape index (κ3) is 4.95. The van der Waals surface area contributed by atoms with E-state index in [0.717, 1.165) is 34.3 Å². The van der Waals surface area contributed by atoms with Gasteiger partial charge in [0.15, 0.2) is 17.3 Å². The van der Waals surface area contributed by atoms with E-state index in [2.05, 4.69) is 17.2 Å². The maximum absolute atomic E-state index is 12.9. The van der Waals surface area contributed by atoms with Crippen LogP contribution in [0.3, 0.4) is 0 Å². The zero-order valence-electron chi connectivity index (χ0n) is 21.3. The number of esters is 2. The maximum atomic E-state index is 12.9. The first kappa shape index (κ1) is 26.3. The molecule has 0 aromatic carbocycles. The fraction of sp³-hybridized carbons (Fsp3) is 0.500. The molecule has 3 aromatic rings. The normalized spacial score (nSPS) is 15.8.